The Morgan fingerprint density at radius 1 is 1.00 bits per heavy atom. The zero-order valence-electron chi connectivity index (χ0n) is 17.2. The Balaban J connectivity index is 1.28. The first-order chi connectivity index (χ1) is 15.1. The molecule has 31 heavy (non-hydrogen) atoms. The number of amides is 1. The van der Waals surface area contributed by atoms with E-state index < -0.39 is 0 Å². The zero-order chi connectivity index (χ0) is 21.4. The molecule has 0 spiro atoms. The molecule has 4 heterocycles. The summed E-state index contributed by atoms with van der Waals surface area (Å²) in [4.78, 5) is 34.8. The molecule has 1 amide bonds. The van der Waals surface area contributed by atoms with Gasteiger partial charge in [-0.05, 0) is 44.7 Å². The molecule has 0 radical (unpaired) electrons. The van der Waals surface area contributed by atoms with Crippen LogP contribution < -0.4 is 4.90 Å². The van der Waals surface area contributed by atoms with Crippen molar-refractivity contribution >= 4 is 23.5 Å². The largest absolute Gasteiger partial charge is 0.341 e. The standard InChI is InChI=1S/C21H23ClN8O/c1-14-26-13-27-30(14)19-5-2-15(10-23-19)20(31)29(17-3-4-17)18-6-8-28(9-7-18)21-24-11-16(22)12-25-21/h2,5,10-13,17-18H,3-4,6-9H2,1H3. The van der Waals surface area contributed by atoms with Gasteiger partial charge in [-0.3, -0.25) is 4.79 Å². The van der Waals surface area contributed by atoms with Crippen LogP contribution >= 0.6 is 11.6 Å². The third-order valence-electron chi connectivity index (χ3n) is 5.85. The molecule has 0 bridgehead atoms. The average Bonchev–Trinajstić information content (AvgIpc) is 3.54. The third-order valence-corrected chi connectivity index (χ3v) is 6.05. The Hall–Kier alpha value is -3.07. The van der Waals surface area contributed by atoms with Crippen LogP contribution in [-0.4, -0.2) is 65.7 Å². The van der Waals surface area contributed by atoms with Gasteiger partial charge in [-0.25, -0.2) is 19.9 Å². The lowest BCUT2D eigenvalue weighted by Crippen LogP contribution is -2.48. The number of aryl methyl sites for hydroxylation is 1. The number of piperidine rings is 1. The van der Waals surface area contributed by atoms with E-state index in [9.17, 15) is 4.79 Å². The quantitative estimate of drug-likeness (QED) is 0.604. The fourth-order valence-corrected chi connectivity index (χ4v) is 4.20. The van der Waals surface area contributed by atoms with E-state index in [0.29, 0.717) is 28.4 Å². The highest BCUT2D eigenvalue weighted by molar-refractivity contribution is 6.30. The summed E-state index contributed by atoms with van der Waals surface area (Å²) in [6.07, 6.45) is 10.3. The van der Waals surface area contributed by atoms with Crippen molar-refractivity contribution in [2.45, 2.75) is 44.7 Å². The summed E-state index contributed by atoms with van der Waals surface area (Å²) >= 11 is 5.90. The number of carbonyl (C=O) groups is 1. The maximum Gasteiger partial charge on any atom is 0.255 e. The molecule has 1 aliphatic carbocycles. The number of hydrogen-bond donors (Lipinski definition) is 0. The minimum Gasteiger partial charge on any atom is -0.341 e. The van der Waals surface area contributed by atoms with Crippen molar-refractivity contribution in [3.05, 3.63) is 53.5 Å². The molecule has 1 aliphatic heterocycles. The van der Waals surface area contributed by atoms with E-state index in [1.165, 1.54) is 6.33 Å². The molecule has 0 unspecified atom stereocenters. The maximum absolute atomic E-state index is 13.4. The number of aromatic nitrogens is 6. The Kier molecular flexibility index (Phi) is 5.27. The SMILES string of the molecule is Cc1ncnn1-c1ccc(C(=O)N(C2CC2)C2CCN(c3ncc(Cl)cn3)CC2)cn1. The van der Waals surface area contributed by atoms with Crippen LogP contribution in [0.2, 0.25) is 5.02 Å². The number of anilines is 1. The Bertz CT molecular complexity index is 1060. The summed E-state index contributed by atoms with van der Waals surface area (Å²) in [6, 6.07) is 4.19. The van der Waals surface area contributed by atoms with Crippen LogP contribution in [0.3, 0.4) is 0 Å². The van der Waals surface area contributed by atoms with Gasteiger partial charge in [-0.1, -0.05) is 11.6 Å². The van der Waals surface area contributed by atoms with Crippen molar-refractivity contribution in [3.63, 3.8) is 0 Å². The second-order valence-electron chi connectivity index (χ2n) is 7.99. The summed E-state index contributed by atoms with van der Waals surface area (Å²) < 4.78 is 1.65. The van der Waals surface area contributed by atoms with Crippen LogP contribution in [0.4, 0.5) is 5.95 Å². The van der Waals surface area contributed by atoms with Crippen molar-refractivity contribution in [2.24, 2.45) is 0 Å². The highest BCUT2D eigenvalue weighted by Crippen LogP contribution is 2.33. The van der Waals surface area contributed by atoms with Crippen molar-refractivity contribution in [3.8, 4) is 5.82 Å². The first-order valence-electron chi connectivity index (χ1n) is 10.5. The van der Waals surface area contributed by atoms with E-state index in [0.717, 1.165) is 44.6 Å². The molecule has 2 aliphatic rings. The van der Waals surface area contributed by atoms with Gasteiger partial charge in [0.15, 0.2) is 5.82 Å². The molecule has 3 aromatic heterocycles. The van der Waals surface area contributed by atoms with Gasteiger partial charge in [-0.2, -0.15) is 9.78 Å². The van der Waals surface area contributed by atoms with Gasteiger partial charge in [0.2, 0.25) is 5.95 Å². The van der Waals surface area contributed by atoms with Crippen LogP contribution in [0.1, 0.15) is 41.9 Å². The monoisotopic (exact) mass is 438 g/mol. The number of nitrogens with zero attached hydrogens (tertiary/aromatic N) is 8. The van der Waals surface area contributed by atoms with E-state index in [4.69, 9.17) is 11.6 Å². The van der Waals surface area contributed by atoms with E-state index in [1.807, 2.05) is 19.1 Å². The highest BCUT2D eigenvalue weighted by atomic mass is 35.5. The molecule has 5 rings (SSSR count). The first kappa shape index (κ1) is 19.9. The topological polar surface area (TPSA) is 92.9 Å². The van der Waals surface area contributed by atoms with Gasteiger partial charge in [0.05, 0.1) is 23.0 Å². The molecule has 0 atom stereocenters. The minimum absolute atomic E-state index is 0.0538. The third kappa shape index (κ3) is 4.10. The van der Waals surface area contributed by atoms with Gasteiger partial charge in [0.1, 0.15) is 12.2 Å². The molecule has 3 aromatic rings. The van der Waals surface area contributed by atoms with Gasteiger partial charge in [0, 0.05) is 31.4 Å². The fourth-order valence-electron chi connectivity index (χ4n) is 4.11. The van der Waals surface area contributed by atoms with Gasteiger partial charge < -0.3 is 9.80 Å². The molecular formula is C21H23ClN8O. The van der Waals surface area contributed by atoms with Crippen LogP contribution in [0.5, 0.6) is 0 Å². The second kappa shape index (κ2) is 8.22. The van der Waals surface area contributed by atoms with Crippen LogP contribution in [-0.2, 0) is 0 Å². The van der Waals surface area contributed by atoms with E-state index in [1.54, 1.807) is 23.3 Å². The van der Waals surface area contributed by atoms with E-state index in [-0.39, 0.29) is 11.9 Å². The maximum atomic E-state index is 13.4. The lowest BCUT2D eigenvalue weighted by atomic mass is 10.0. The smallest absolute Gasteiger partial charge is 0.255 e. The molecule has 0 aromatic carbocycles. The molecule has 10 heteroatoms. The van der Waals surface area contributed by atoms with E-state index in [2.05, 4.69) is 34.8 Å². The molecular weight excluding hydrogens is 416 g/mol. The Morgan fingerprint density at radius 3 is 2.29 bits per heavy atom. The molecule has 2 fully saturated rings. The molecule has 160 valence electrons. The summed E-state index contributed by atoms with van der Waals surface area (Å²) in [5.41, 5.74) is 0.608. The van der Waals surface area contributed by atoms with Crippen LogP contribution in [0.15, 0.2) is 37.1 Å². The van der Waals surface area contributed by atoms with Crippen molar-refractivity contribution in [1.29, 1.82) is 0 Å². The van der Waals surface area contributed by atoms with Gasteiger partial charge >= 0.3 is 0 Å². The van der Waals surface area contributed by atoms with Crippen molar-refractivity contribution in [1.82, 2.24) is 34.6 Å². The second-order valence-corrected chi connectivity index (χ2v) is 8.42. The number of pyridine rings is 1. The lowest BCUT2D eigenvalue weighted by molar-refractivity contribution is 0.0630. The normalized spacial score (nSPS) is 17.0. The molecule has 0 N–H and O–H groups in total. The lowest BCUT2D eigenvalue weighted by Gasteiger charge is -2.38. The summed E-state index contributed by atoms with van der Waals surface area (Å²) in [5.74, 6) is 2.15. The zero-order valence-corrected chi connectivity index (χ0v) is 18.0. The minimum atomic E-state index is 0.0538. The molecule has 9 nitrogen and oxygen atoms in total. The Labute approximate surface area is 185 Å². The molecule has 1 saturated carbocycles. The average molecular weight is 439 g/mol. The number of carbonyl (C=O) groups excluding carboxylic acids is 1. The summed E-state index contributed by atoms with van der Waals surface area (Å²) in [7, 11) is 0. The first-order valence-corrected chi connectivity index (χ1v) is 10.9. The van der Waals surface area contributed by atoms with Crippen LogP contribution in [0.25, 0.3) is 5.82 Å². The van der Waals surface area contributed by atoms with Gasteiger partial charge in [0.25, 0.3) is 5.91 Å². The van der Waals surface area contributed by atoms with Crippen molar-refractivity contribution < 1.29 is 4.79 Å². The fraction of sp³-hybridized carbons (Fsp3) is 0.429. The highest BCUT2D eigenvalue weighted by Gasteiger charge is 2.39. The summed E-state index contributed by atoms with van der Waals surface area (Å²) in [6.45, 7) is 3.49. The van der Waals surface area contributed by atoms with E-state index >= 15 is 0 Å². The number of hydrogen-bond acceptors (Lipinski definition) is 7. The number of rotatable bonds is 5. The van der Waals surface area contributed by atoms with Crippen LogP contribution in [0, 0.1) is 6.92 Å². The predicted octanol–water partition coefficient (Wildman–Crippen LogP) is 2.69. The number of halogens is 1. The molecule has 1 saturated heterocycles. The van der Waals surface area contributed by atoms with Crippen molar-refractivity contribution in [2.75, 3.05) is 18.0 Å². The predicted molar refractivity (Wildman–Crippen MR) is 115 cm³/mol. The van der Waals surface area contributed by atoms with Gasteiger partial charge in [-0.15, -0.1) is 0 Å². The summed E-state index contributed by atoms with van der Waals surface area (Å²) in [5, 5.41) is 4.70. The Morgan fingerprint density at radius 2 is 1.71 bits per heavy atom.